The van der Waals surface area contributed by atoms with Crippen LogP contribution in [0, 0.1) is 5.82 Å². The van der Waals surface area contributed by atoms with Crippen molar-refractivity contribution in [2.75, 3.05) is 7.11 Å². The van der Waals surface area contributed by atoms with Crippen molar-refractivity contribution in [2.45, 2.75) is 31.1 Å². The number of benzene rings is 1. The predicted molar refractivity (Wildman–Crippen MR) is 65.7 cm³/mol. The second kappa shape index (κ2) is 4.76. The Morgan fingerprint density at radius 1 is 1.44 bits per heavy atom. The minimum Gasteiger partial charge on any atom is -0.494 e. The van der Waals surface area contributed by atoms with Gasteiger partial charge in [-0.25, -0.2) is 4.39 Å². The van der Waals surface area contributed by atoms with Crippen molar-refractivity contribution in [2.24, 2.45) is 0 Å². The molecule has 1 N–H and O–H groups in total. The molecule has 18 heavy (non-hydrogen) atoms. The summed E-state index contributed by atoms with van der Waals surface area (Å²) in [6.45, 7) is 0. The highest BCUT2D eigenvalue weighted by molar-refractivity contribution is 6.31. The molecule has 2 rings (SSSR count). The summed E-state index contributed by atoms with van der Waals surface area (Å²) in [5.41, 5.74) is -0.430. The number of hydrogen-bond acceptors (Lipinski definition) is 2. The van der Waals surface area contributed by atoms with E-state index >= 15 is 0 Å². The first kappa shape index (κ1) is 13.1. The van der Waals surface area contributed by atoms with Gasteiger partial charge in [0.15, 0.2) is 11.6 Å². The van der Waals surface area contributed by atoms with Crippen LogP contribution in [0.15, 0.2) is 12.1 Å². The molecule has 1 aliphatic carbocycles. The average Bonchev–Trinajstić information content (AvgIpc) is 2.83. The summed E-state index contributed by atoms with van der Waals surface area (Å²) in [5.74, 6) is -1.55. The van der Waals surface area contributed by atoms with Gasteiger partial charge in [0.2, 0.25) is 0 Å². The Hall–Kier alpha value is -1.29. The van der Waals surface area contributed by atoms with Gasteiger partial charge in [0.25, 0.3) is 0 Å². The Kier molecular flexibility index (Phi) is 3.48. The van der Waals surface area contributed by atoms with Crippen molar-refractivity contribution in [3.63, 3.8) is 0 Å². The van der Waals surface area contributed by atoms with Gasteiger partial charge in [-0.3, -0.25) is 4.79 Å². The molecule has 0 unspecified atom stereocenters. The molecule has 1 aromatic rings. The van der Waals surface area contributed by atoms with Crippen LogP contribution in [0.4, 0.5) is 4.39 Å². The summed E-state index contributed by atoms with van der Waals surface area (Å²) in [6.07, 6.45) is 2.80. The van der Waals surface area contributed by atoms with Crippen LogP contribution in [0.2, 0.25) is 5.02 Å². The monoisotopic (exact) mass is 272 g/mol. The quantitative estimate of drug-likeness (QED) is 0.917. The Morgan fingerprint density at radius 2 is 2.06 bits per heavy atom. The van der Waals surface area contributed by atoms with E-state index in [-0.39, 0.29) is 10.8 Å². The zero-order chi connectivity index (χ0) is 13.3. The summed E-state index contributed by atoms with van der Waals surface area (Å²) >= 11 is 5.79. The van der Waals surface area contributed by atoms with Gasteiger partial charge in [0, 0.05) is 0 Å². The Balaban J connectivity index is 2.56. The van der Waals surface area contributed by atoms with Gasteiger partial charge >= 0.3 is 5.97 Å². The fraction of sp³-hybridized carbons (Fsp3) is 0.462. The molecular formula is C13H14ClFO3. The zero-order valence-corrected chi connectivity index (χ0v) is 10.8. The maximum Gasteiger partial charge on any atom is 0.314 e. The molecule has 0 aliphatic heterocycles. The van der Waals surface area contributed by atoms with Crippen molar-refractivity contribution >= 4 is 17.6 Å². The van der Waals surface area contributed by atoms with Crippen LogP contribution in [0.25, 0.3) is 0 Å². The van der Waals surface area contributed by atoms with Crippen LogP contribution in [0.5, 0.6) is 5.75 Å². The van der Waals surface area contributed by atoms with Crippen LogP contribution >= 0.6 is 11.6 Å². The van der Waals surface area contributed by atoms with Crippen molar-refractivity contribution < 1.29 is 19.0 Å². The van der Waals surface area contributed by atoms with E-state index < -0.39 is 17.2 Å². The first-order valence-corrected chi connectivity index (χ1v) is 6.16. The topological polar surface area (TPSA) is 46.5 Å². The van der Waals surface area contributed by atoms with Crippen LogP contribution in [0.1, 0.15) is 31.2 Å². The fourth-order valence-corrected chi connectivity index (χ4v) is 2.80. The van der Waals surface area contributed by atoms with E-state index in [0.717, 1.165) is 12.8 Å². The number of carbonyl (C=O) groups is 1. The molecule has 0 bridgehead atoms. The molecule has 3 nitrogen and oxygen atoms in total. The van der Waals surface area contributed by atoms with Gasteiger partial charge in [-0.1, -0.05) is 24.4 Å². The van der Waals surface area contributed by atoms with Gasteiger partial charge in [0.1, 0.15) is 0 Å². The third kappa shape index (κ3) is 1.94. The molecule has 0 radical (unpaired) electrons. The van der Waals surface area contributed by atoms with E-state index in [0.29, 0.717) is 18.4 Å². The smallest absolute Gasteiger partial charge is 0.314 e. The van der Waals surface area contributed by atoms with Crippen molar-refractivity contribution in [3.05, 3.63) is 28.5 Å². The molecule has 0 amide bonds. The fourth-order valence-electron chi connectivity index (χ4n) is 2.59. The highest BCUT2D eigenvalue weighted by atomic mass is 35.5. The number of rotatable bonds is 3. The first-order chi connectivity index (χ1) is 8.51. The zero-order valence-electron chi connectivity index (χ0n) is 10.0. The summed E-state index contributed by atoms with van der Waals surface area (Å²) in [4.78, 5) is 11.5. The first-order valence-electron chi connectivity index (χ1n) is 5.78. The minimum atomic E-state index is -0.954. The van der Waals surface area contributed by atoms with Crippen LogP contribution < -0.4 is 4.74 Å². The number of aliphatic carboxylic acids is 1. The summed E-state index contributed by atoms with van der Waals surface area (Å²) < 4.78 is 18.5. The molecule has 0 aromatic heterocycles. The van der Waals surface area contributed by atoms with Gasteiger partial charge in [-0.2, -0.15) is 0 Å². The molecule has 98 valence electrons. The average molecular weight is 273 g/mol. The van der Waals surface area contributed by atoms with Crippen molar-refractivity contribution in [3.8, 4) is 5.75 Å². The second-order valence-corrected chi connectivity index (χ2v) is 4.98. The molecule has 0 heterocycles. The molecule has 5 heteroatoms. The summed E-state index contributed by atoms with van der Waals surface area (Å²) in [7, 11) is 1.33. The number of carboxylic acid groups (broad SMARTS) is 1. The van der Waals surface area contributed by atoms with E-state index in [1.165, 1.54) is 19.2 Å². The number of ether oxygens (including phenoxy) is 1. The van der Waals surface area contributed by atoms with E-state index in [9.17, 15) is 14.3 Å². The number of halogens is 2. The molecule has 1 saturated carbocycles. The van der Waals surface area contributed by atoms with Crippen LogP contribution in [-0.2, 0) is 10.2 Å². The van der Waals surface area contributed by atoms with Crippen molar-refractivity contribution in [1.82, 2.24) is 0 Å². The van der Waals surface area contributed by atoms with E-state index in [1.54, 1.807) is 0 Å². The number of methoxy groups -OCH3 is 1. The SMILES string of the molecule is COc1cc(C2(C(=O)O)CCCC2)cc(Cl)c1F. The number of hydrogen-bond donors (Lipinski definition) is 1. The minimum absolute atomic E-state index is 0.00924. The van der Waals surface area contributed by atoms with Crippen LogP contribution in [-0.4, -0.2) is 18.2 Å². The highest BCUT2D eigenvalue weighted by Crippen LogP contribution is 2.44. The molecule has 1 fully saturated rings. The Morgan fingerprint density at radius 3 is 2.56 bits per heavy atom. The molecule has 1 aromatic carbocycles. The van der Waals surface area contributed by atoms with E-state index in [1.807, 2.05) is 0 Å². The number of carboxylic acids is 1. The predicted octanol–water partition coefficient (Wildman–Crippen LogP) is 3.38. The maximum absolute atomic E-state index is 13.6. The Labute approximate surface area is 110 Å². The van der Waals surface area contributed by atoms with Gasteiger partial charge in [-0.15, -0.1) is 0 Å². The van der Waals surface area contributed by atoms with Crippen molar-refractivity contribution in [1.29, 1.82) is 0 Å². The highest BCUT2D eigenvalue weighted by Gasteiger charge is 2.43. The molecule has 0 saturated heterocycles. The third-order valence-corrected chi connectivity index (χ3v) is 3.91. The molecule has 0 spiro atoms. The molecule has 1 aliphatic rings. The largest absolute Gasteiger partial charge is 0.494 e. The Bertz CT molecular complexity index is 481. The van der Waals surface area contributed by atoms with E-state index in [2.05, 4.69) is 0 Å². The van der Waals surface area contributed by atoms with Gasteiger partial charge in [-0.05, 0) is 30.5 Å². The summed E-state index contributed by atoms with van der Waals surface area (Å²) in [6, 6.07) is 2.85. The maximum atomic E-state index is 13.6. The van der Waals surface area contributed by atoms with E-state index in [4.69, 9.17) is 16.3 Å². The molecular weight excluding hydrogens is 259 g/mol. The summed E-state index contributed by atoms with van der Waals surface area (Å²) in [5, 5.41) is 9.36. The van der Waals surface area contributed by atoms with Gasteiger partial charge in [0.05, 0.1) is 17.5 Å². The van der Waals surface area contributed by atoms with Gasteiger partial charge < -0.3 is 9.84 Å². The third-order valence-electron chi connectivity index (χ3n) is 3.63. The lowest BCUT2D eigenvalue weighted by Gasteiger charge is -2.25. The lowest BCUT2D eigenvalue weighted by molar-refractivity contribution is -0.143. The lowest BCUT2D eigenvalue weighted by atomic mass is 9.79. The van der Waals surface area contributed by atoms with Crippen LogP contribution in [0.3, 0.4) is 0 Å². The standard InChI is InChI=1S/C13H14ClFO3/c1-18-10-7-8(6-9(14)11(10)15)13(12(16)17)4-2-3-5-13/h6-7H,2-5H2,1H3,(H,16,17). The normalized spacial score (nSPS) is 17.7. The molecule has 0 atom stereocenters. The lowest BCUT2D eigenvalue weighted by Crippen LogP contribution is -2.32. The second-order valence-electron chi connectivity index (χ2n) is 4.57.